The fourth-order valence-corrected chi connectivity index (χ4v) is 1.38. The Morgan fingerprint density at radius 3 is 2.31 bits per heavy atom. The van der Waals surface area contributed by atoms with E-state index in [1.807, 2.05) is 13.8 Å². The molecule has 0 aromatic heterocycles. The number of rotatable bonds is 5. The van der Waals surface area contributed by atoms with Gasteiger partial charge in [0.15, 0.2) is 6.23 Å². The van der Waals surface area contributed by atoms with Gasteiger partial charge in [0.25, 0.3) is 0 Å². The van der Waals surface area contributed by atoms with Gasteiger partial charge in [0, 0.05) is 0 Å². The van der Waals surface area contributed by atoms with Crippen molar-refractivity contribution >= 4 is 0 Å². The van der Waals surface area contributed by atoms with Gasteiger partial charge in [0.05, 0.1) is 0 Å². The van der Waals surface area contributed by atoms with Crippen molar-refractivity contribution in [3.63, 3.8) is 0 Å². The second-order valence-corrected chi connectivity index (χ2v) is 4.27. The fraction of sp³-hybridized carbons (Fsp3) is 0.500. The zero-order chi connectivity index (χ0) is 12.1. The SMILES string of the molecule is CC(C)CC(O)C(N)Oc1ccc(O)cc1. The number of ether oxygens (including phenoxy) is 1. The summed E-state index contributed by atoms with van der Waals surface area (Å²) in [4.78, 5) is 0. The molecular weight excluding hydrogens is 206 g/mol. The highest BCUT2D eigenvalue weighted by Gasteiger charge is 2.17. The Morgan fingerprint density at radius 1 is 1.25 bits per heavy atom. The minimum absolute atomic E-state index is 0.170. The Morgan fingerprint density at radius 2 is 1.81 bits per heavy atom. The van der Waals surface area contributed by atoms with Crippen LogP contribution in [0.15, 0.2) is 24.3 Å². The fourth-order valence-electron chi connectivity index (χ4n) is 1.38. The summed E-state index contributed by atoms with van der Waals surface area (Å²) in [6.45, 7) is 4.02. The molecule has 0 bridgehead atoms. The van der Waals surface area contributed by atoms with E-state index in [4.69, 9.17) is 15.6 Å². The first kappa shape index (κ1) is 12.8. The second kappa shape index (κ2) is 5.72. The first-order valence-corrected chi connectivity index (χ1v) is 5.38. The second-order valence-electron chi connectivity index (χ2n) is 4.27. The highest BCUT2D eigenvalue weighted by Crippen LogP contribution is 2.18. The number of phenolic OH excluding ortho intramolecular Hbond substituents is 1. The van der Waals surface area contributed by atoms with Crippen LogP contribution in [0.5, 0.6) is 11.5 Å². The molecule has 1 rings (SSSR count). The van der Waals surface area contributed by atoms with Crippen molar-refractivity contribution in [1.82, 2.24) is 0 Å². The van der Waals surface area contributed by atoms with Gasteiger partial charge >= 0.3 is 0 Å². The van der Waals surface area contributed by atoms with Crippen LogP contribution in [0, 0.1) is 5.92 Å². The summed E-state index contributed by atoms with van der Waals surface area (Å²) in [5, 5.41) is 18.8. The maximum absolute atomic E-state index is 9.70. The van der Waals surface area contributed by atoms with Gasteiger partial charge in [-0.2, -0.15) is 0 Å². The summed E-state index contributed by atoms with van der Waals surface area (Å²) in [6.07, 6.45) is -0.833. The summed E-state index contributed by atoms with van der Waals surface area (Å²) < 4.78 is 5.35. The lowest BCUT2D eigenvalue weighted by molar-refractivity contribution is 0.0268. The molecule has 4 N–H and O–H groups in total. The molecule has 0 aliphatic rings. The number of hydrogen-bond acceptors (Lipinski definition) is 4. The third-order valence-corrected chi connectivity index (χ3v) is 2.20. The van der Waals surface area contributed by atoms with E-state index in [9.17, 15) is 5.11 Å². The van der Waals surface area contributed by atoms with E-state index < -0.39 is 12.3 Å². The van der Waals surface area contributed by atoms with Gasteiger partial charge in [-0.15, -0.1) is 0 Å². The molecule has 0 saturated heterocycles. The Labute approximate surface area is 95.7 Å². The Balaban J connectivity index is 2.50. The van der Waals surface area contributed by atoms with Crippen molar-refractivity contribution < 1.29 is 14.9 Å². The van der Waals surface area contributed by atoms with Gasteiger partial charge in [0.1, 0.15) is 17.6 Å². The molecule has 16 heavy (non-hydrogen) atoms. The molecule has 0 fully saturated rings. The average Bonchev–Trinajstić information content (AvgIpc) is 2.20. The number of phenols is 1. The van der Waals surface area contributed by atoms with Crippen LogP contribution in [-0.2, 0) is 0 Å². The topological polar surface area (TPSA) is 75.7 Å². The average molecular weight is 225 g/mol. The van der Waals surface area contributed by atoms with Crippen molar-refractivity contribution in [2.24, 2.45) is 11.7 Å². The van der Waals surface area contributed by atoms with Crippen LogP contribution in [-0.4, -0.2) is 22.5 Å². The van der Waals surface area contributed by atoms with Gasteiger partial charge in [0.2, 0.25) is 0 Å². The first-order valence-electron chi connectivity index (χ1n) is 5.38. The molecule has 2 atom stereocenters. The number of hydrogen-bond donors (Lipinski definition) is 3. The zero-order valence-electron chi connectivity index (χ0n) is 9.63. The largest absolute Gasteiger partial charge is 0.508 e. The minimum atomic E-state index is -0.744. The van der Waals surface area contributed by atoms with Crippen LogP contribution in [0.2, 0.25) is 0 Å². The van der Waals surface area contributed by atoms with Crippen LogP contribution < -0.4 is 10.5 Å². The third kappa shape index (κ3) is 4.08. The van der Waals surface area contributed by atoms with E-state index in [1.54, 1.807) is 12.1 Å². The van der Waals surface area contributed by atoms with E-state index in [-0.39, 0.29) is 5.75 Å². The van der Waals surface area contributed by atoms with Gasteiger partial charge < -0.3 is 14.9 Å². The van der Waals surface area contributed by atoms with E-state index in [0.717, 1.165) is 0 Å². The quantitative estimate of drug-likeness (QED) is 0.663. The molecule has 2 unspecified atom stereocenters. The highest BCUT2D eigenvalue weighted by molar-refractivity contribution is 5.30. The number of aromatic hydroxyl groups is 1. The van der Waals surface area contributed by atoms with Crippen molar-refractivity contribution in [3.8, 4) is 11.5 Å². The molecular formula is C12H19NO3. The molecule has 1 aromatic rings. The molecule has 0 aliphatic heterocycles. The van der Waals surface area contributed by atoms with E-state index in [0.29, 0.717) is 18.1 Å². The maximum Gasteiger partial charge on any atom is 0.173 e. The molecule has 0 spiro atoms. The Bertz CT molecular complexity index is 311. The van der Waals surface area contributed by atoms with Crippen LogP contribution in [0.1, 0.15) is 20.3 Å². The molecule has 0 heterocycles. The summed E-state index contributed by atoms with van der Waals surface area (Å²) in [5.41, 5.74) is 5.70. The smallest absolute Gasteiger partial charge is 0.173 e. The van der Waals surface area contributed by atoms with Gasteiger partial charge in [-0.05, 0) is 36.6 Å². The van der Waals surface area contributed by atoms with Crippen molar-refractivity contribution in [1.29, 1.82) is 0 Å². The monoisotopic (exact) mass is 225 g/mol. The predicted molar refractivity (Wildman–Crippen MR) is 62.2 cm³/mol. The molecule has 0 amide bonds. The minimum Gasteiger partial charge on any atom is -0.508 e. The molecule has 1 aromatic carbocycles. The first-order chi connectivity index (χ1) is 7.49. The molecule has 4 heteroatoms. The van der Waals surface area contributed by atoms with E-state index >= 15 is 0 Å². The third-order valence-electron chi connectivity index (χ3n) is 2.20. The van der Waals surface area contributed by atoms with Gasteiger partial charge in [-0.1, -0.05) is 13.8 Å². The van der Waals surface area contributed by atoms with E-state index in [2.05, 4.69) is 0 Å². The maximum atomic E-state index is 9.70. The molecule has 4 nitrogen and oxygen atoms in total. The van der Waals surface area contributed by atoms with Crippen molar-refractivity contribution in [2.75, 3.05) is 0 Å². The molecule has 0 saturated carbocycles. The number of aliphatic hydroxyl groups is 1. The van der Waals surface area contributed by atoms with Crippen LogP contribution in [0.4, 0.5) is 0 Å². The lowest BCUT2D eigenvalue weighted by Gasteiger charge is -2.21. The number of benzene rings is 1. The molecule has 90 valence electrons. The Hall–Kier alpha value is -1.26. The summed E-state index contributed by atoms with van der Waals surface area (Å²) in [5.74, 6) is 1.07. The standard InChI is InChI=1S/C12H19NO3/c1-8(2)7-11(15)12(13)16-10-5-3-9(14)4-6-10/h3-6,8,11-12,14-15H,7,13H2,1-2H3. The lowest BCUT2D eigenvalue weighted by atomic mass is 10.1. The van der Waals surface area contributed by atoms with Crippen LogP contribution in [0.3, 0.4) is 0 Å². The number of nitrogens with two attached hydrogens (primary N) is 1. The van der Waals surface area contributed by atoms with E-state index in [1.165, 1.54) is 12.1 Å². The zero-order valence-corrected chi connectivity index (χ0v) is 9.63. The summed E-state index contributed by atoms with van der Waals surface area (Å²) in [7, 11) is 0. The van der Waals surface area contributed by atoms with Crippen LogP contribution in [0.25, 0.3) is 0 Å². The molecule has 0 radical (unpaired) electrons. The lowest BCUT2D eigenvalue weighted by Crippen LogP contribution is -2.40. The summed E-state index contributed by atoms with van der Waals surface area (Å²) >= 11 is 0. The predicted octanol–water partition coefficient (Wildman–Crippen LogP) is 1.46. The van der Waals surface area contributed by atoms with Crippen LogP contribution >= 0.6 is 0 Å². The van der Waals surface area contributed by atoms with Gasteiger partial charge in [-0.3, -0.25) is 5.73 Å². The number of aliphatic hydroxyl groups excluding tert-OH is 1. The summed E-state index contributed by atoms with van der Waals surface area (Å²) in [6, 6.07) is 6.24. The molecule has 0 aliphatic carbocycles. The highest BCUT2D eigenvalue weighted by atomic mass is 16.5. The van der Waals surface area contributed by atoms with Crippen molar-refractivity contribution in [3.05, 3.63) is 24.3 Å². The van der Waals surface area contributed by atoms with Gasteiger partial charge in [-0.25, -0.2) is 0 Å². The Kier molecular flexibility index (Phi) is 4.58. The van der Waals surface area contributed by atoms with Crippen molar-refractivity contribution in [2.45, 2.75) is 32.6 Å². The normalized spacial score (nSPS) is 14.8.